The third-order valence-corrected chi connectivity index (χ3v) is 3.51. The van der Waals surface area contributed by atoms with Crippen LogP contribution in [0.2, 0.25) is 0 Å². The van der Waals surface area contributed by atoms with E-state index in [1.54, 1.807) is 7.05 Å². The van der Waals surface area contributed by atoms with Gasteiger partial charge in [0, 0.05) is 33.2 Å². The Hall–Kier alpha value is -1.39. The van der Waals surface area contributed by atoms with Crippen LogP contribution in [0.25, 0.3) is 0 Å². The molecular formula is C14H21N3O. The van der Waals surface area contributed by atoms with Crippen molar-refractivity contribution in [1.29, 1.82) is 0 Å². The number of hydrogen-bond acceptors (Lipinski definition) is 3. The number of carbonyl (C=O) groups is 1. The van der Waals surface area contributed by atoms with Crippen LogP contribution in [-0.4, -0.2) is 56.0 Å². The molecule has 4 nitrogen and oxygen atoms in total. The first-order valence-electron chi connectivity index (χ1n) is 6.41. The quantitative estimate of drug-likeness (QED) is 0.855. The van der Waals surface area contributed by atoms with Gasteiger partial charge >= 0.3 is 0 Å². The highest BCUT2D eigenvalue weighted by molar-refractivity contribution is 5.82. The lowest BCUT2D eigenvalue weighted by Crippen LogP contribution is -2.49. The van der Waals surface area contributed by atoms with Gasteiger partial charge in [-0.3, -0.25) is 9.69 Å². The SMILES string of the molecule is CNC(=O)C(c1ccccc1)N1CCN(C)CC1. The highest BCUT2D eigenvalue weighted by Crippen LogP contribution is 2.22. The number of nitrogens with zero attached hydrogens (tertiary/aromatic N) is 2. The van der Waals surface area contributed by atoms with Gasteiger partial charge < -0.3 is 10.2 Å². The summed E-state index contributed by atoms with van der Waals surface area (Å²) < 4.78 is 0. The fourth-order valence-electron chi connectivity index (χ4n) is 2.38. The van der Waals surface area contributed by atoms with Crippen LogP contribution < -0.4 is 5.32 Å². The normalized spacial score (nSPS) is 19.4. The molecule has 1 aromatic rings. The van der Waals surface area contributed by atoms with Crippen LogP contribution in [0.4, 0.5) is 0 Å². The minimum Gasteiger partial charge on any atom is -0.358 e. The molecule has 1 aliphatic heterocycles. The average Bonchev–Trinajstić information content (AvgIpc) is 2.42. The van der Waals surface area contributed by atoms with Gasteiger partial charge in [0.25, 0.3) is 0 Å². The van der Waals surface area contributed by atoms with E-state index in [1.165, 1.54) is 0 Å². The first-order valence-corrected chi connectivity index (χ1v) is 6.41. The molecule has 1 atom stereocenters. The lowest BCUT2D eigenvalue weighted by atomic mass is 10.0. The number of benzene rings is 1. The van der Waals surface area contributed by atoms with Crippen LogP contribution in [0.3, 0.4) is 0 Å². The molecule has 4 heteroatoms. The van der Waals surface area contributed by atoms with Crippen LogP contribution in [0.15, 0.2) is 30.3 Å². The fraction of sp³-hybridized carbons (Fsp3) is 0.500. The number of rotatable bonds is 3. The summed E-state index contributed by atoms with van der Waals surface area (Å²) in [5.41, 5.74) is 1.07. The number of amides is 1. The molecular weight excluding hydrogens is 226 g/mol. The second-order valence-electron chi connectivity index (χ2n) is 4.77. The summed E-state index contributed by atoms with van der Waals surface area (Å²) in [6, 6.07) is 9.85. The van der Waals surface area contributed by atoms with Crippen molar-refractivity contribution in [2.75, 3.05) is 40.3 Å². The summed E-state index contributed by atoms with van der Waals surface area (Å²) in [6.45, 7) is 3.90. The lowest BCUT2D eigenvalue weighted by molar-refractivity contribution is -0.126. The topological polar surface area (TPSA) is 35.6 Å². The molecule has 1 N–H and O–H groups in total. The molecule has 18 heavy (non-hydrogen) atoms. The van der Waals surface area contributed by atoms with Crippen LogP contribution in [0, 0.1) is 0 Å². The van der Waals surface area contributed by atoms with Crippen molar-refractivity contribution in [2.24, 2.45) is 0 Å². The largest absolute Gasteiger partial charge is 0.358 e. The Morgan fingerprint density at radius 1 is 1.17 bits per heavy atom. The van der Waals surface area contributed by atoms with Crippen molar-refractivity contribution in [3.05, 3.63) is 35.9 Å². The van der Waals surface area contributed by atoms with E-state index in [4.69, 9.17) is 0 Å². The van der Waals surface area contributed by atoms with Gasteiger partial charge in [-0.1, -0.05) is 30.3 Å². The summed E-state index contributed by atoms with van der Waals surface area (Å²) >= 11 is 0. The highest BCUT2D eigenvalue weighted by atomic mass is 16.2. The predicted octanol–water partition coefficient (Wildman–Crippen LogP) is 0.721. The second-order valence-corrected chi connectivity index (χ2v) is 4.77. The van der Waals surface area contributed by atoms with Crippen molar-refractivity contribution in [1.82, 2.24) is 15.1 Å². The summed E-state index contributed by atoms with van der Waals surface area (Å²) in [5.74, 6) is 0.0748. The van der Waals surface area contributed by atoms with Gasteiger partial charge in [0.05, 0.1) is 0 Å². The third-order valence-electron chi connectivity index (χ3n) is 3.51. The molecule has 1 amide bonds. The highest BCUT2D eigenvalue weighted by Gasteiger charge is 2.28. The van der Waals surface area contributed by atoms with Gasteiger partial charge in [0.2, 0.25) is 5.91 Å². The number of hydrogen-bond donors (Lipinski definition) is 1. The van der Waals surface area contributed by atoms with Gasteiger partial charge in [-0.15, -0.1) is 0 Å². The van der Waals surface area contributed by atoms with E-state index in [0.717, 1.165) is 31.7 Å². The van der Waals surface area contributed by atoms with Crippen molar-refractivity contribution >= 4 is 5.91 Å². The molecule has 0 bridgehead atoms. The predicted molar refractivity (Wildman–Crippen MR) is 72.3 cm³/mol. The fourth-order valence-corrected chi connectivity index (χ4v) is 2.38. The monoisotopic (exact) mass is 247 g/mol. The van der Waals surface area contributed by atoms with Gasteiger partial charge in [-0.25, -0.2) is 0 Å². The molecule has 0 radical (unpaired) electrons. The summed E-state index contributed by atoms with van der Waals surface area (Å²) in [4.78, 5) is 16.7. The van der Waals surface area contributed by atoms with E-state index in [1.807, 2.05) is 30.3 Å². The minimum atomic E-state index is -0.162. The number of carbonyl (C=O) groups excluding carboxylic acids is 1. The van der Waals surface area contributed by atoms with E-state index in [0.29, 0.717) is 0 Å². The smallest absolute Gasteiger partial charge is 0.241 e. The summed E-state index contributed by atoms with van der Waals surface area (Å²) in [6.07, 6.45) is 0. The molecule has 0 saturated carbocycles. The van der Waals surface area contributed by atoms with E-state index < -0.39 is 0 Å². The molecule has 1 saturated heterocycles. The molecule has 0 spiro atoms. The summed E-state index contributed by atoms with van der Waals surface area (Å²) in [7, 11) is 3.82. The molecule has 0 aromatic heterocycles. The maximum absolute atomic E-state index is 12.1. The standard InChI is InChI=1S/C14H21N3O/c1-15-14(18)13(12-6-4-3-5-7-12)17-10-8-16(2)9-11-17/h3-7,13H,8-11H2,1-2H3,(H,15,18). The van der Waals surface area contributed by atoms with E-state index in [-0.39, 0.29) is 11.9 Å². The van der Waals surface area contributed by atoms with Crippen LogP contribution in [-0.2, 0) is 4.79 Å². The van der Waals surface area contributed by atoms with Crippen molar-refractivity contribution in [2.45, 2.75) is 6.04 Å². The lowest BCUT2D eigenvalue weighted by Gasteiger charge is -2.37. The number of nitrogens with one attached hydrogen (secondary N) is 1. The molecule has 1 heterocycles. The first-order chi connectivity index (χ1) is 8.72. The molecule has 1 aliphatic rings. The zero-order chi connectivity index (χ0) is 13.0. The first kappa shape index (κ1) is 13.1. The van der Waals surface area contributed by atoms with Crippen molar-refractivity contribution in [3.8, 4) is 0 Å². The van der Waals surface area contributed by atoms with Crippen molar-refractivity contribution < 1.29 is 4.79 Å². The Kier molecular flexibility index (Phi) is 4.33. The zero-order valence-corrected chi connectivity index (χ0v) is 11.1. The van der Waals surface area contributed by atoms with E-state index in [9.17, 15) is 4.79 Å². The average molecular weight is 247 g/mol. The molecule has 1 fully saturated rings. The minimum absolute atomic E-state index is 0.0748. The van der Waals surface area contributed by atoms with Gasteiger partial charge in [-0.2, -0.15) is 0 Å². The molecule has 2 rings (SSSR count). The van der Waals surface area contributed by atoms with Gasteiger partial charge in [0.1, 0.15) is 6.04 Å². The van der Waals surface area contributed by atoms with Gasteiger partial charge in [0.15, 0.2) is 0 Å². The second kappa shape index (κ2) is 5.98. The Balaban J connectivity index is 2.18. The third kappa shape index (κ3) is 2.89. The summed E-state index contributed by atoms with van der Waals surface area (Å²) in [5, 5.41) is 2.78. The van der Waals surface area contributed by atoms with E-state index in [2.05, 4.69) is 22.2 Å². The molecule has 1 aromatic carbocycles. The Labute approximate surface area is 109 Å². The Morgan fingerprint density at radius 3 is 2.33 bits per heavy atom. The molecule has 98 valence electrons. The zero-order valence-electron chi connectivity index (χ0n) is 11.1. The van der Waals surface area contributed by atoms with Gasteiger partial charge in [-0.05, 0) is 12.6 Å². The molecule has 0 aliphatic carbocycles. The maximum atomic E-state index is 12.1. The van der Waals surface area contributed by atoms with E-state index >= 15 is 0 Å². The maximum Gasteiger partial charge on any atom is 0.241 e. The Bertz CT molecular complexity index is 385. The van der Waals surface area contributed by atoms with Crippen LogP contribution in [0.1, 0.15) is 11.6 Å². The van der Waals surface area contributed by atoms with Crippen molar-refractivity contribution in [3.63, 3.8) is 0 Å². The number of likely N-dealkylation sites (N-methyl/N-ethyl adjacent to an activating group) is 2. The molecule has 1 unspecified atom stereocenters. The van der Waals surface area contributed by atoms with Crippen LogP contribution in [0.5, 0.6) is 0 Å². The number of piperazine rings is 1. The Morgan fingerprint density at radius 2 is 1.78 bits per heavy atom. The van der Waals surface area contributed by atoms with Crippen LogP contribution >= 0.6 is 0 Å².